The molecule has 0 amide bonds. The predicted molar refractivity (Wildman–Crippen MR) is 77.3 cm³/mol. The van der Waals surface area contributed by atoms with E-state index in [1.807, 2.05) is 0 Å². The first-order valence-electron chi connectivity index (χ1n) is 6.54. The van der Waals surface area contributed by atoms with Crippen LogP contribution in [0.5, 0.6) is 11.8 Å². The fourth-order valence-corrected chi connectivity index (χ4v) is 2.00. The maximum atomic E-state index is 10.9. The second-order valence-electron chi connectivity index (χ2n) is 4.86. The Bertz CT molecular complexity index is 737. The highest BCUT2D eigenvalue weighted by Gasteiger charge is 2.24. The number of aromatic nitrogens is 2. The molecule has 120 valence electrons. The summed E-state index contributed by atoms with van der Waals surface area (Å²) in [4.78, 5) is 28.5. The van der Waals surface area contributed by atoms with Crippen LogP contribution >= 0.6 is 0 Å². The first kappa shape index (κ1) is 16.1. The van der Waals surface area contributed by atoms with Crippen LogP contribution in [-0.4, -0.2) is 36.2 Å². The van der Waals surface area contributed by atoms with E-state index < -0.39 is 28.6 Å². The van der Waals surface area contributed by atoms with Crippen LogP contribution in [0.2, 0.25) is 0 Å². The number of hydrogen-bond acceptors (Lipinski definition) is 7. The molecule has 1 atom stereocenters. The summed E-state index contributed by atoms with van der Waals surface area (Å²) < 4.78 is 0. The van der Waals surface area contributed by atoms with Crippen molar-refractivity contribution in [2.24, 2.45) is 0 Å². The molecule has 0 aliphatic rings. The van der Waals surface area contributed by atoms with Crippen LogP contribution in [0.25, 0.3) is 0 Å². The van der Waals surface area contributed by atoms with Gasteiger partial charge in [0.1, 0.15) is 5.82 Å². The molecule has 1 heterocycles. The van der Waals surface area contributed by atoms with E-state index in [0.29, 0.717) is 5.56 Å². The third-order valence-electron chi connectivity index (χ3n) is 3.26. The third-order valence-corrected chi connectivity index (χ3v) is 3.26. The molecular formula is C14H13N3O6. The van der Waals surface area contributed by atoms with Gasteiger partial charge in [-0.2, -0.15) is 9.97 Å². The average Bonchev–Trinajstić information content (AvgIpc) is 2.46. The molecule has 9 nitrogen and oxygen atoms in total. The number of carboxylic acid groups (broad SMARTS) is 1. The molecule has 0 saturated carbocycles. The molecule has 0 aliphatic heterocycles. The minimum Gasteiger partial charge on any atom is -0.493 e. The molecule has 0 fully saturated rings. The van der Waals surface area contributed by atoms with Crippen molar-refractivity contribution in [2.45, 2.75) is 19.3 Å². The second-order valence-corrected chi connectivity index (χ2v) is 4.86. The standard InChI is InChI=1S/C14H13N3O6/c1-7(14(20)21)11-12(18)15-10(16-13(11)19)6-8-2-4-9(5-3-8)17(22)23/h2-5,7H,6H2,1H3,(H,20,21)(H2,15,16,18,19). The van der Waals surface area contributed by atoms with E-state index in [-0.39, 0.29) is 23.5 Å². The van der Waals surface area contributed by atoms with Crippen molar-refractivity contribution in [3.63, 3.8) is 0 Å². The normalized spacial score (nSPS) is 11.9. The maximum Gasteiger partial charge on any atom is 0.311 e. The van der Waals surface area contributed by atoms with Gasteiger partial charge in [0.25, 0.3) is 5.69 Å². The van der Waals surface area contributed by atoms with Crippen molar-refractivity contribution in [1.82, 2.24) is 9.97 Å². The number of carboxylic acids is 1. The maximum absolute atomic E-state index is 10.9. The van der Waals surface area contributed by atoms with Crippen molar-refractivity contribution in [3.05, 3.63) is 51.3 Å². The Morgan fingerprint density at radius 2 is 1.74 bits per heavy atom. The number of carbonyl (C=O) groups is 1. The van der Waals surface area contributed by atoms with E-state index in [0.717, 1.165) is 0 Å². The summed E-state index contributed by atoms with van der Waals surface area (Å²) >= 11 is 0. The Balaban J connectivity index is 2.28. The molecule has 0 spiro atoms. The summed E-state index contributed by atoms with van der Waals surface area (Å²) in [5, 5.41) is 39.2. The zero-order valence-electron chi connectivity index (χ0n) is 12.0. The fraction of sp³-hybridized carbons (Fsp3) is 0.214. The lowest BCUT2D eigenvalue weighted by Crippen LogP contribution is -2.10. The summed E-state index contributed by atoms with van der Waals surface area (Å²) in [6.45, 7) is 1.29. The van der Waals surface area contributed by atoms with E-state index in [2.05, 4.69) is 9.97 Å². The molecule has 9 heteroatoms. The highest BCUT2D eigenvalue weighted by atomic mass is 16.6. The van der Waals surface area contributed by atoms with E-state index in [1.165, 1.54) is 31.2 Å². The molecule has 0 bridgehead atoms. The molecule has 0 saturated heterocycles. The number of benzene rings is 1. The van der Waals surface area contributed by atoms with Gasteiger partial charge in [-0.05, 0) is 12.5 Å². The largest absolute Gasteiger partial charge is 0.493 e. The van der Waals surface area contributed by atoms with Crippen molar-refractivity contribution < 1.29 is 25.0 Å². The van der Waals surface area contributed by atoms with Crippen LogP contribution in [0, 0.1) is 10.1 Å². The van der Waals surface area contributed by atoms with E-state index >= 15 is 0 Å². The molecule has 1 unspecified atom stereocenters. The van der Waals surface area contributed by atoms with Gasteiger partial charge in [0.05, 0.1) is 16.4 Å². The predicted octanol–water partition coefficient (Wildman–Crippen LogP) is 1.57. The molecule has 2 aromatic rings. The van der Waals surface area contributed by atoms with Gasteiger partial charge >= 0.3 is 5.97 Å². The van der Waals surface area contributed by atoms with Crippen LogP contribution in [0.3, 0.4) is 0 Å². The Hall–Kier alpha value is -3.23. The third kappa shape index (κ3) is 3.51. The summed E-state index contributed by atoms with van der Waals surface area (Å²) in [5.74, 6) is -3.55. The molecule has 1 aromatic heterocycles. The number of non-ortho nitro benzene ring substituents is 1. The summed E-state index contributed by atoms with van der Waals surface area (Å²) in [6, 6.07) is 5.64. The number of hydrogen-bond donors (Lipinski definition) is 3. The SMILES string of the molecule is CC(C(=O)O)c1c(O)nc(Cc2ccc([N+](=O)[O-])cc2)nc1O. The van der Waals surface area contributed by atoms with Gasteiger partial charge in [0.2, 0.25) is 11.8 Å². The Kier molecular flexibility index (Phi) is 4.39. The van der Waals surface area contributed by atoms with E-state index in [4.69, 9.17) is 5.11 Å². The van der Waals surface area contributed by atoms with Gasteiger partial charge in [0.15, 0.2) is 0 Å². The van der Waals surface area contributed by atoms with Crippen molar-refractivity contribution >= 4 is 11.7 Å². The molecular weight excluding hydrogens is 306 g/mol. The summed E-state index contributed by atoms with van der Waals surface area (Å²) in [5.41, 5.74) is 0.310. The number of nitrogens with zero attached hydrogens (tertiary/aromatic N) is 3. The molecule has 3 N–H and O–H groups in total. The van der Waals surface area contributed by atoms with Gasteiger partial charge in [-0.15, -0.1) is 0 Å². The lowest BCUT2D eigenvalue weighted by Gasteiger charge is -2.11. The van der Waals surface area contributed by atoms with Gasteiger partial charge in [-0.3, -0.25) is 14.9 Å². The van der Waals surface area contributed by atoms with Crippen LogP contribution < -0.4 is 0 Å². The van der Waals surface area contributed by atoms with Gasteiger partial charge in [0, 0.05) is 18.6 Å². The fourth-order valence-electron chi connectivity index (χ4n) is 2.00. The second kappa shape index (κ2) is 6.26. The number of nitro groups is 1. The molecule has 0 radical (unpaired) electrons. The Morgan fingerprint density at radius 3 is 2.17 bits per heavy atom. The minimum atomic E-state index is -1.23. The lowest BCUT2D eigenvalue weighted by molar-refractivity contribution is -0.384. The smallest absolute Gasteiger partial charge is 0.311 e. The number of aromatic hydroxyl groups is 2. The Labute approximate surface area is 130 Å². The number of aliphatic carboxylic acids is 1. The monoisotopic (exact) mass is 319 g/mol. The Morgan fingerprint density at radius 1 is 1.22 bits per heavy atom. The quantitative estimate of drug-likeness (QED) is 0.556. The molecule has 2 rings (SSSR count). The first-order valence-corrected chi connectivity index (χ1v) is 6.54. The number of nitro benzene ring substituents is 1. The highest BCUT2D eigenvalue weighted by Crippen LogP contribution is 2.31. The van der Waals surface area contributed by atoms with Crippen LogP contribution in [0.4, 0.5) is 5.69 Å². The van der Waals surface area contributed by atoms with Crippen molar-refractivity contribution in [2.75, 3.05) is 0 Å². The molecule has 0 aliphatic carbocycles. The van der Waals surface area contributed by atoms with Gasteiger partial charge in [-0.25, -0.2) is 0 Å². The van der Waals surface area contributed by atoms with Crippen LogP contribution in [0.1, 0.15) is 29.8 Å². The van der Waals surface area contributed by atoms with Gasteiger partial charge in [-0.1, -0.05) is 12.1 Å². The zero-order valence-corrected chi connectivity index (χ0v) is 12.0. The molecule has 1 aromatic carbocycles. The van der Waals surface area contributed by atoms with E-state index in [9.17, 15) is 25.1 Å². The zero-order chi connectivity index (χ0) is 17.1. The van der Waals surface area contributed by atoms with Crippen molar-refractivity contribution in [1.29, 1.82) is 0 Å². The topological polar surface area (TPSA) is 147 Å². The highest BCUT2D eigenvalue weighted by molar-refractivity contribution is 5.77. The average molecular weight is 319 g/mol. The first-order chi connectivity index (χ1) is 10.8. The van der Waals surface area contributed by atoms with Crippen molar-refractivity contribution in [3.8, 4) is 11.8 Å². The molecule has 23 heavy (non-hydrogen) atoms. The number of rotatable bonds is 5. The van der Waals surface area contributed by atoms with E-state index in [1.54, 1.807) is 0 Å². The summed E-state index contributed by atoms with van der Waals surface area (Å²) in [6.07, 6.45) is 0.112. The lowest BCUT2D eigenvalue weighted by atomic mass is 10.0. The summed E-state index contributed by atoms with van der Waals surface area (Å²) in [7, 11) is 0. The van der Waals surface area contributed by atoms with Crippen LogP contribution in [0.15, 0.2) is 24.3 Å². The minimum absolute atomic E-state index is 0.0639. The van der Waals surface area contributed by atoms with Gasteiger partial charge < -0.3 is 15.3 Å². The van der Waals surface area contributed by atoms with Crippen LogP contribution in [-0.2, 0) is 11.2 Å².